The second kappa shape index (κ2) is 4.75. The summed E-state index contributed by atoms with van der Waals surface area (Å²) in [5.41, 5.74) is -0.148. The van der Waals surface area contributed by atoms with Gasteiger partial charge in [0.2, 0.25) is 0 Å². The molecular formula is C10H19ClN2. The maximum Gasteiger partial charge on any atom is 0.152 e. The first kappa shape index (κ1) is 12.6. The van der Waals surface area contributed by atoms with Crippen LogP contribution in [0.15, 0.2) is 22.9 Å². The van der Waals surface area contributed by atoms with Crippen molar-refractivity contribution < 1.29 is 0 Å². The molecule has 0 saturated heterocycles. The molecule has 3 heteroatoms. The number of nitrogens with zero attached hydrogens (tertiary/aromatic N) is 2. The van der Waals surface area contributed by atoms with Crippen LogP contribution < -0.4 is 0 Å². The topological polar surface area (TPSA) is 24.7 Å². The van der Waals surface area contributed by atoms with Crippen molar-refractivity contribution in [2.75, 3.05) is 0 Å². The fourth-order valence-corrected chi connectivity index (χ4v) is 0.817. The molecule has 0 heterocycles. The minimum Gasteiger partial charge on any atom is -0.187 e. The van der Waals surface area contributed by atoms with Gasteiger partial charge in [-0.2, -0.15) is 10.2 Å². The molecule has 0 N–H and O–H groups in total. The highest BCUT2D eigenvalue weighted by atomic mass is 35.5. The van der Waals surface area contributed by atoms with Crippen molar-refractivity contribution in [3.63, 3.8) is 0 Å². The molecule has 0 aliphatic heterocycles. The third-order valence-corrected chi connectivity index (χ3v) is 1.63. The first-order valence-corrected chi connectivity index (χ1v) is 4.88. The van der Waals surface area contributed by atoms with Gasteiger partial charge < -0.3 is 0 Å². The zero-order valence-corrected chi connectivity index (χ0v) is 9.73. The summed E-state index contributed by atoms with van der Waals surface area (Å²) < 4.78 is 0. The van der Waals surface area contributed by atoms with E-state index in [4.69, 9.17) is 11.6 Å². The summed E-state index contributed by atoms with van der Waals surface area (Å²) in [5, 5.41) is 8.25. The van der Waals surface area contributed by atoms with Gasteiger partial charge in [-0.1, -0.05) is 17.7 Å². The average Bonchev–Trinajstić information content (AvgIpc) is 1.97. The lowest BCUT2D eigenvalue weighted by molar-refractivity contribution is 0.484. The highest BCUT2D eigenvalue weighted by Crippen LogP contribution is 2.25. The normalized spacial score (nSPS) is 17.3. The lowest BCUT2D eigenvalue weighted by Crippen LogP contribution is -2.15. The number of alkyl halides is 1. The SMILES string of the molecule is C=CCCC(C)(Cl)N=NC(C)(C)C. The lowest BCUT2D eigenvalue weighted by atomic mass is 10.1. The predicted molar refractivity (Wildman–Crippen MR) is 58.3 cm³/mol. The molecule has 76 valence electrons. The largest absolute Gasteiger partial charge is 0.187 e. The Morgan fingerprint density at radius 2 is 1.77 bits per heavy atom. The summed E-state index contributed by atoms with van der Waals surface area (Å²) >= 11 is 6.11. The van der Waals surface area contributed by atoms with Gasteiger partial charge in [0.05, 0.1) is 5.54 Å². The summed E-state index contributed by atoms with van der Waals surface area (Å²) in [4.78, 5) is -0.582. The molecule has 0 aromatic rings. The van der Waals surface area contributed by atoms with E-state index in [1.165, 1.54) is 0 Å². The van der Waals surface area contributed by atoms with Crippen molar-refractivity contribution >= 4 is 11.6 Å². The van der Waals surface area contributed by atoms with E-state index in [0.29, 0.717) is 0 Å². The zero-order valence-electron chi connectivity index (χ0n) is 8.97. The van der Waals surface area contributed by atoms with Gasteiger partial charge in [-0.25, -0.2) is 0 Å². The maximum absolute atomic E-state index is 6.11. The minimum absolute atomic E-state index is 0.148. The van der Waals surface area contributed by atoms with E-state index in [0.717, 1.165) is 12.8 Å². The molecule has 13 heavy (non-hydrogen) atoms. The van der Waals surface area contributed by atoms with Crippen LogP contribution >= 0.6 is 11.6 Å². The molecule has 0 aromatic carbocycles. The molecule has 0 bridgehead atoms. The van der Waals surface area contributed by atoms with Crippen molar-refractivity contribution in [3.8, 4) is 0 Å². The Balaban J connectivity index is 4.15. The Kier molecular flexibility index (Phi) is 4.62. The predicted octanol–water partition coefficient (Wildman–Crippen LogP) is 4.16. The van der Waals surface area contributed by atoms with E-state index < -0.39 is 5.00 Å². The van der Waals surface area contributed by atoms with Crippen molar-refractivity contribution in [1.82, 2.24) is 0 Å². The number of azo groups is 1. The smallest absolute Gasteiger partial charge is 0.152 e. The second-order valence-corrected chi connectivity index (χ2v) is 5.15. The Hall–Kier alpha value is -0.370. The van der Waals surface area contributed by atoms with Crippen LogP contribution in [0, 0.1) is 0 Å². The summed E-state index contributed by atoms with van der Waals surface area (Å²) in [5.74, 6) is 0. The molecule has 0 radical (unpaired) electrons. The molecule has 0 aromatic heterocycles. The Morgan fingerprint density at radius 1 is 1.23 bits per heavy atom. The van der Waals surface area contributed by atoms with Gasteiger partial charge in [0.25, 0.3) is 0 Å². The molecule has 0 aliphatic carbocycles. The highest BCUT2D eigenvalue weighted by Gasteiger charge is 2.19. The van der Waals surface area contributed by atoms with E-state index in [-0.39, 0.29) is 5.54 Å². The van der Waals surface area contributed by atoms with E-state index in [2.05, 4.69) is 16.8 Å². The Labute approximate surface area is 86.1 Å². The van der Waals surface area contributed by atoms with Gasteiger partial charge in [0.15, 0.2) is 5.00 Å². The molecule has 2 nitrogen and oxygen atoms in total. The standard InChI is InChI=1S/C10H19ClN2/c1-6-7-8-10(5,11)13-12-9(2,3)4/h6H,1,7-8H2,2-5H3. The molecular weight excluding hydrogens is 184 g/mol. The molecule has 0 amide bonds. The number of rotatable bonds is 4. The van der Waals surface area contributed by atoms with Gasteiger partial charge in [0.1, 0.15) is 0 Å². The minimum atomic E-state index is -0.582. The van der Waals surface area contributed by atoms with Crippen LogP contribution in [0.1, 0.15) is 40.5 Å². The summed E-state index contributed by atoms with van der Waals surface area (Å²) in [6.45, 7) is 11.5. The quantitative estimate of drug-likeness (QED) is 0.283. The van der Waals surface area contributed by atoms with Crippen molar-refractivity contribution in [3.05, 3.63) is 12.7 Å². The fraction of sp³-hybridized carbons (Fsp3) is 0.800. The highest BCUT2D eigenvalue weighted by molar-refractivity contribution is 6.23. The molecule has 1 unspecified atom stereocenters. The molecule has 0 fully saturated rings. The van der Waals surface area contributed by atoms with Crippen LogP contribution in [-0.4, -0.2) is 10.5 Å². The van der Waals surface area contributed by atoms with Crippen LogP contribution in [0.2, 0.25) is 0 Å². The van der Waals surface area contributed by atoms with Crippen LogP contribution in [-0.2, 0) is 0 Å². The van der Waals surface area contributed by atoms with Crippen LogP contribution in [0.4, 0.5) is 0 Å². The van der Waals surface area contributed by atoms with Gasteiger partial charge in [-0.15, -0.1) is 6.58 Å². The third-order valence-electron chi connectivity index (χ3n) is 1.36. The Bertz CT molecular complexity index is 190. The fourth-order valence-electron chi connectivity index (χ4n) is 0.670. The number of halogens is 1. The molecule has 0 spiro atoms. The Morgan fingerprint density at radius 3 is 2.15 bits per heavy atom. The molecule has 0 saturated carbocycles. The van der Waals surface area contributed by atoms with Gasteiger partial charge in [-0.05, 0) is 40.5 Å². The number of hydrogen-bond acceptors (Lipinski definition) is 2. The van der Waals surface area contributed by atoms with Gasteiger partial charge in [-0.3, -0.25) is 0 Å². The second-order valence-electron chi connectivity index (χ2n) is 4.34. The first-order chi connectivity index (χ1) is 5.77. The molecule has 0 aliphatic rings. The number of allylic oxidation sites excluding steroid dienone is 1. The summed E-state index contributed by atoms with van der Waals surface area (Å²) in [7, 11) is 0. The zero-order chi connectivity index (χ0) is 10.5. The van der Waals surface area contributed by atoms with Crippen molar-refractivity contribution in [2.24, 2.45) is 10.2 Å². The van der Waals surface area contributed by atoms with Crippen molar-refractivity contribution in [1.29, 1.82) is 0 Å². The van der Waals surface area contributed by atoms with E-state index in [9.17, 15) is 0 Å². The van der Waals surface area contributed by atoms with Gasteiger partial charge in [0, 0.05) is 0 Å². The van der Waals surface area contributed by atoms with Crippen LogP contribution in [0.25, 0.3) is 0 Å². The lowest BCUT2D eigenvalue weighted by Gasteiger charge is -2.17. The van der Waals surface area contributed by atoms with E-state index in [1.54, 1.807) is 0 Å². The molecule has 0 rings (SSSR count). The molecule has 1 atom stereocenters. The van der Waals surface area contributed by atoms with E-state index in [1.807, 2.05) is 33.8 Å². The summed E-state index contributed by atoms with van der Waals surface area (Å²) in [6, 6.07) is 0. The van der Waals surface area contributed by atoms with Crippen molar-refractivity contribution in [2.45, 2.75) is 51.1 Å². The van der Waals surface area contributed by atoms with Crippen LogP contribution in [0.3, 0.4) is 0 Å². The van der Waals surface area contributed by atoms with Crippen LogP contribution in [0.5, 0.6) is 0 Å². The third kappa shape index (κ3) is 7.97. The monoisotopic (exact) mass is 202 g/mol. The average molecular weight is 203 g/mol. The maximum atomic E-state index is 6.11. The number of hydrogen-bond donors (Lipinski definition) is 0. The summed E-state index contributed by atoms with van der Waals surface area (Å²) in [6.07, 6.45) is 3.48. The van der Waals surface area contributed by atoms with E-state index >= 15 is 0 Å². The van der Waals surface area contributed by atoms with Gasteiger partial charge >= 0.3 is 0 Å². The first-order valence-electron chi connectivity index (χ1n) is 4.51.